The molecule has 0 bridgehead atoms. The van der Waals surface area contributed by atoms with E-state index in [1.54, 1.807) is 0 Å². The van der Waals surface area contributed by atoms with Gasteiger partial charge in [-0.2, -0.15) is 0 Å². The monoisotopic (exact) mass is 353 g/mol. The summed E-state index contributed by atoms with van der Waals surface area (Å²) in [6.07, 6.45) is 4.34. The van der Waals surface area contributed by atoms with E-state index in [9.17, 15) is 4.79 Å². The molecule has 4 rings (SSSR count). The third kappa shape index (κ3) is 3.97. The summed E-state index contributed by atoms with van der Waals surface area (Å²) in [5.74, 6) is 1.49. The largest absolute Gasteiger partial charge is 0.349 e. The maximum absolute atomic E-state index is 12.4. The molecular formula is C20H27N5O. The minimum absolute atomic E-state index is 0.0662. The van der Waals surface area contributed by atoms with Crippen LogP contribution in [0.3, 0.4) is 0 Å². The number of carbonyl (C=O) groups excluding carboxylic acids is 1. The molecular weight excluding hydrogens is 326 g/mol. The summed E-state index contributed by atoms with van der Waals surface area (Å²) >= 11 is 0. The van der Waals surface area contributed by atoms with E-state index < -0.39 is 0 Å². The lowest BCUT2D eigenvalue weighted by atomic mass is 9.91. The number of fused-ring (bicyclic) bond motifs is 1. The number of piperidine rings is 1. The van der Waals surface area contributed by atoms with Crippen molar-refractivity contribution >= 4 is 5.91 Å². The maximum atomic E-state index is 12.4. The van der Waals surface area contributed by atoms with Crippen molar-refractivity contribution in [3.05, 3.63) is 53.6 Å². The smallest absolute Gasteiger partial charge is 0.271 e. The van der Waals surface area contributed by atoms with E-state index in [-0.39, 0.29) is 5.91 Å². The average molecular weight is 353 g/mol. The van der Waals surface area contributed by atoms with Crippen LogP contribution in [-0.4, -0.2) is 53.1 Å². The second-order valence-corrected chi connectivity index (χ2v) is 7.22. The lowest BCUT2D eigenvalue weighted by Crippen LogP contribution is -2.40. The van der Waals surface area contributed by atoms with Crippen LogP contribution in [0.4, 0.5) is 0 Å². The van der Waals surface area contributed by atoms with Crippen LogP contribution in [0.25, 0.3) is 0 Å². The summed E-state index contributed by atoms with van der Waals surface area (Å²) in [4.78, 5) is 19.3. The molecule has 1 aromatic heterocycles. The van der Waals surface area contributed by atoms with Gasteiger partial charge in [-0.15, -0.1) is 0 Å². The second-order valence-electron chi connectivity index (χ2n) is 7.22. The molecule has 1 unspecified atom stereocenters. The Kier molecular flexibility index (Phi) is 5.32. The molecule has 2 N–H and O–H groups in total. The summed E-state index contributed by atoms with van der Waals surface area (Å²) in [5.41, 5.74) is 1.96. The van der Waals surface area contributed by atoms with Crippen molar-refractivity contribution in [2.45, 2.75) is 31.8 Å². The molecule has 1 amide bonds. The number of carbonyl (C=O) groups is 1. The van der Waals surface area contributed by atoms with Gasteiger partial charge >= 0.3 is 0 Å². The van der Waals surface area contributed by atoms with Gasteiger partial charge in [-0.25, -0.2) is 4.98 Å². The van der Waals surface area contributed by atoms with Crippen LogP contribution in [0, 0.1) is 0 Å². The van der Waals surface area contributed by atoms with Crippen LogP contribution in [-0.2, 0) is 13.1 Å². The van der Waals surface area contributed by atoms with E-state index in [1.165, 1.54) is 18.4 Å². The number of aromatic nitrogens is 2. The highest BCUT2D eigenvalue weighted by molar-refractivity contribution is 5.92. The topological polar surface area (TPSA) is 62.2 Å². The number of likely N-dealkylation sites (tertiary alicyclic amines) is 1. The molecule has 6 heteroatoms. The molecule has 138 valence electrons. The van der Waals surface area contributed by atoms with E-state index in [1.807, 2.05) is 6.20 Å². The van der Waals surface area contributed by atoms with Crippen LogP contribution in [0.15, 0.2) is 36.5 Å². The van der Waals surface area contributed by atoms with Gasteiger partial charge in [-0.1, -0.05) is 30.3 Å². The van der Waals surface area contributed by atoms with Crippen LogP contribution in [0.2, 0.25) is 0 Å². The average Bonchev–Trinajstić information content (AvgIpc) is 3.13. The number of hydrogen-bond donors (Lipinski definition) is 2. The zero-order valence-electron chi connectivity index (χ0n) is 15.2. The van der Waals surface area contributed by atoms with Crippen molar-refractivity contribution in [2.24, 2.45) is 0 Å². The highest BCUT2D eigenvalue weighted by Gasteiger charge is 2.21. The maximum Gasteiger partial charge on any atom is 0.271 e. The van der Waals surface area contributed by atoms with Gasteiger partial charge < -0.3 is 20.1 Å². The SMILES string of the molecule is O=C(NCCN1CCCC(c2ccccc2)C1)c1cn2c(n1)CNCC2. The molecule has 0 aliphatic carbocycles. The normalized spacial score (nSPS) is 20.5. The lowest BCUT2D eigenvalue weighted by molar-refractivity contribution is 0.0941. The van der Waals surface area contributed by atoms with E-state index in [0.717, 1.165) is 45.1 Å². The predicted octanol–water partition coefficient (Wildman–Crippen LogP) is 1.60. The number of nitrogens with zero attached hydrogens (tertiary/aromatic N) is 3. The molecule has 1 aromatic carbocycles. The van der Waals surface area contributed by atoms with Gasteiger partial charge in [-0.3, -0.25) is 4.79 Å². The number of imidazole rings is 1. The number of nitrogens with one attached hydrogen (secondary N) is 2. The quantitative estimate of drug-likeness (QED) is 0.857. The fourth-order valence-corrected chi connectivity index (χ4v) is 3.97. The number of benzene rings is 1. The number of amides is 1. The van der Waals surface area contributed by atoms with Crippen LogP contribution < -0.4 is 10.6 Å². The molecule has 2 aromatic rings. The molecule has 6 nitrogen and oxygen atoms in total. The van der Waals surface area contributed by atoms with Gasteiger partial charge in [-0.05, 0) is 30.9 Å². The molecule has 0 saturated carbocycles. The molecule has 0 radical (unpaired) electrons. The first kappa shape index (κ1) is 17.2. The van der Waals surface area contributed by atoms with Crippen LogP contribution in [0.1, 0.15) is 40.6 Å². The lowest BCUT2D eigenvalue weighted by Gasteiger charge is -2.33. The summed E-state index contributed by atoms with van der Waals surface area (Å²) in [6.45, 7) is 6.30. The van der Waals surface area contributed by atoms with Crippen molar-refractivity contribution in [2.75, 3.05) is 32.7 Å². The minimum Gasteiger partial charge on any atom is -0.349 e. The molecule has 1 saturated heterocycles. The fraction of sp³-hybridized carbons (Fsp3) is 0.500. The Hall–Kier alpha value is -2.18. The van der Waals surface area contributed by atoms with E-state index >= 15 is 0 Å². The van der Waals surface area contributed by atoms with Gasteiger partial charge in [0.2, 0.25) is 0 Å². The van der Waals surface area contributed by atoms with Gasteiger partial charge in [0.05, 0.1) is 6.54 Å². The Labute approximate surface area is 154 Å². The Morgan fingerprint density at radius 3 is 3.00 bits per heavy atom. The summed E-state index contributed by atoms with van der Waals surface area (Å²) in [6, 6.07) is 10.8. The first-order valence-electron chi connectivity index (χ1n) is 9.62. The van der Waals surface area contributed by atoms with Gasteiger partial charge in [0.1, 0.15) is 11.5 Å². The third-order valence-corrected chi connectivity index (χ3v) is 5.39. The van der Waals surface area contributed by atoms with Crippen molar-refractivity contribution < 1.29 is 4.79 Å². The van der Waals surface area contributed by atoms with Gasteiger partial charge in [0.15, 0.2) is 0 Å². The van der Waals surface area contributed by atoms with Crippen LogP contribution in [0.5, 0.6) is 0 Å². The van der Waals surface area contributed by atoms with Crippen LogP contribution >= 0.6 is 0 Å². The van der Waals surface area contributed by atoms with Crippen molar-refractivity contribution in [1.29, 1.82) is 0 Å². The molecule has 2 aliphatic heterocycles. The highest BCUT2D eigenvalue weighted by atomic mass is 16.1. The molecule has 2 aliphatic rings. The zero-order valence-corrected chi connectivity index (χ0v) is 15.2. The molecule has 0 spiro atoms. The highest BCUT2D eigenvalue weighted by Crippen LogP contribution is 2.26. The van der Waals surface area contributed by atoms with E-state index in [4.69, 9.17) is 0 Å². The Morgan fingerprint density at radius 2 is 2.15 bits per heavy atom. The summed E-state index contributed by atoms with van der Waals surface area (Å²) in [5, 5.41) is 6.31. The predicted molar refractivity (Wildman–Crippen MR) is 101 cm³/mol. The molecule has 3 heterocycles. The van der Waals surface area contributed by atoms with Gasteiger partial charge in [0.25, 0.3) is 5.91 Å². The zero-order chi connectivity index (χ0) is 17.8. The van der Waals surface area contributed by atoms with Crippen molar-refractivity contribution in [3.8, 4) is 0 Å². The standard InChI is InChI=1S/C20H27N5O/c26-20(18-15-25-12-8-21-13-19(25)23-18)22-9-11-24-10-4-7-17(14-24)16-5-2-1-3-6-16/h1-3,5-6,15,17,21H,4,7-14H2,(H,22,26). The minimum atomic E-state index is -0.0662. The third-order valence-electron chi connectivity index (χ3n) is 5.39. The van der Waals surface area contributed by atoms with Crippen molar-refractivity contribution in [1.82, 2.24) is 25.1 Å². The Balaban J connectivity index is 1.26. The fourth-order valence-electron chi connectivity index (χ4n) is 3.97. The number of rotatable bonds is 5. The molecule has 1 fully saturated rings. The van der Waals surface area contributed by atoms with E-state index in [0.29, 0.717) is 18.2 Å². The Morgan fingerprint density at radius 1 is 1.27 bits per heavy atom. The second kappa shape index (κ2) is 8.01. The molecule has 1 atom stereocenters. The summed E-state index contributed by atoms with van der Waals surface area (Å²) in [7, 11) is 0. The van der Waals surface area contributed by atoms with Gasteiger partial charge in [0, 0.05) is 38.9 Å². The number of hydrogen-bond acceptors (Lipinski definition) is 4. The van der Waals surface area contributed by atoms with Crippen molar-refractivity contribution in [3.63, 3.8) is 0 Å². The first-order chi connectivity index (χ1) is 12.8. The van der Waals surface area contributed by atoms with E-state index in [2.05, 4.69) is 55.4 Å². The Bertz CT molecular complexity index is 718. The summed E-state index contributed by atoms with van der Waals surface area (Å²) < 4.78 is 2.07. The first-order valence-corrected chi connectivity index (χ1v) is 9.62. The molecule has 26 heavy (non-hydrogen) atoms.